The van der Waals surface area contributed by atoms with Crippen LogP contribution in [0.15, 0.2) is 48.5 Å². The van der Waals surface area contributed by atoms with E-state index in [-0.39, 0.29) is 11.4 Å². The summed E-state index contributed by atoms with van der Waals surface area (Å²) in [7, 11) is 0. The summed E-state index contributed by atoms with van der Waals surface area (Å²) in [6, 6.07) is 17.0. The van der Waals surface area contributed by atoms with E-state index in [2.05, 4.69) is 85.4 Å². The molecule has 1 saturated carbocycles. The monoisotopic (exact) mass is 511 g/mol. The van der Waals surface area contributed by atoms with Crippen molar-refractivity contribution >= 4 is 33.7 Å². The van der Waals surface area contributed by atoms with Crippen LogP contribution in [0, 0.1) is 5.92 Å². The molecule has 38 heavy (non-hydrogen) atoms. The molecule has 200 valence electrons. The van der Waals surface area contributed by atoms with E-state index in [4.69, 9.17) is 9.97 Å². The summed E-state index contributed by atoms with van der Waals surface area (Å²) >= 11 is 0. The number of aromatic nitrogens is 3. The van der Waals surface area contributed by atoms with Crippen LogP contribution >= 0.6 is 0 Å². The molecule has 1 fully saturated rings. The summed E-state index contributed by atoms with van der Waals surface area (Å²) in [5, 5.41) is 7.83. The Labute approximate surface area is 226 Å². The first kappa shape index (κ1) is 26.2. The summed E-state index contributed by atoms with van der Waals surface area (Å²) in [6.07, 6.45) is 7.48. The second kappa shape index (κ2) is 11.1. The van der Waals surface area contributed by atoms with Crippen LogP contribution in [0.1, 0.15) is 83.2 Å². The number of nitrogens with one attached hydrogen (secondary N) is 2. The summed E-state index contributed by atoms with van der Waals surface area (Å²) in [4.78, 5) is 22.4. The van der Waals surface area contributed by atoms with Crippen LogP contribution in [-0.2, 0) is 24.3 Å². The zero-order valence-corrected chi connectivity index (χ0v) is 23.3. The molecule has 2 aromatic heterocycles. The molecule has 0 spiro atoms. The molecule has 0 radical (unpaired) electrons. The van der Waals surface area contributed by atoms with Crippen LogP contribution in [0.3, 0.4) is 0 Å². The Morgan fingerprint density at radius 2 is 1.76 bits per heavy atom. The van der Waals surface area contributed by atoms with Crippen molar-refractivity contribution < 1.29 is 4.79 Å². The predicted octanol–water partition coefficient (Wildman–Crippen LogP) is 6.99. The molecular formula is C32H41N5O. The number of carbonyl (C=O) groups is 1. The van der Waals surface area contributed by atoms with Gasteiger partial charge in [-0.1, -0.05) is 62.2 Å². The van der Waals surface area contributed by atoms with Gasteiger partial charge in [0.25, 0.3) is 0 Å². The highest BCUT2D eigenvalue weighted by Gasteiger charge is 2.22. The third kappa shape index (κ3) is 6.01. The molecule has 1 amide bonds. The predicted molar refractivity (Wildman–Crippen MR) is 156 cm³/mol. The average Bonchev–Trinajstić information content (AvgIpc) is 3.22. The summed E-state index contributed by atoms with van der Waals surface area (Å²) in [6.45, 7) is 10.0. The molecule has 0 saturated heterocycles. The highest BCUT2D eigenvalue weighted by atomic mass is 16.1. The average molecular weight is 512 g/mol. The minimum absolute atomic E-state index is 0.126. The van der Waals surface area contributed by atoms with Gasteiger partial charge in [0.05, 0.1) is 11.0 Å². The van der Waals surface area contributed by atoms with E-state index in [1.165, 1.54) is 24.8 Å². The molecule has 5 rings (SSSR count). The number of fused-ring (bicyclic) bond motifs is 3. The number of carbonyl (C=O) groups excluding carboxylic acids is 1. The number of amides is 1. The Bertz CT molecular complexity index is 1410. The second-order valence-corrected chi connectivity index (χ2v) is 11.9. The maximum absolute atomic E-state index is 12.2. The normalized spacial score (nSPS) is 14.1. The maximum atomic E-state index is 12.2. The number of nitrogens with zero attached hydrogens (tertiary/aromatic N) is 3. The zero-order valence-electron chi connectivity index (χ0n) is 23.3. The van der Waals surface area contributed by atoms with Crippen LogP contribution in [0.2, 0.25) is 0 Å². The number of unbranched alkanes of at least 4 members (excludes halogenated alkanes) is 1. The molecule has 0 atom stereocenters. The fourth-order valence-electron chi connectivity index (χ4n) is 5.20. The Morgan fingerprint density at radius 1 is 1.03 bits per heavy atom. The minimum atomic E-state index is -0.126. The van der Waals surface area contributed by atoms with Gasteiger partial charge in [0.2, 0.25) is 5.91 Å². The minimum Gasteiger partial charge on any atom is -0.364 e. The van der Waals surface area contributed by atoms with Gasteiger partial charge in [-0.3, -0.25) is 4.79 Å². The molecule has 0 bridgehead atoms. The van der Waals surface area contributed by atoms with Crippen LogP contribution in [0.5, 0.6) is 0 Å². The lowest BCUT2D eigenvalue weighted by Gasteiger charge is -2.24. The van der Waals surface area contributed by atoms with Crippen LogP contribution in [0.4, 0.5) is 5.82 Å². The topological polar surface area (TPSA) is 71.8 Å². The van der Waals surface area contributed by atoms with Crippen LogP contribution < -0.4 is 10.6 Å². The number of benzene rings is 2. The Hall–Kier alpha value is -3.41. The van der Waals surface area contributed by atoms with Crippen molar-refractivity contribution in [3.05, 3.63) is 65.5 Å². The molecule has 0 aliphatic heterocycles. The van der Waals surface area contributed by atoms with Crippen molar-refractivity contribution in [1.29, 1.82) is 0 Å². The van der Waals surface area contributed by atoms with Gasteiger partial charge in [0.15, 0.2) is 5.82 Å². The van der Waals surface area contributed by atoms with Gasteiger partial charge in [-0.15, -0.1) is 0 Å². The SMILES string of the molecule is CCCCc1nc2c(NC(C)(C)C)nc3ccccc3c2n1Cc1ccc(CNC(=O)CC2CCC2)cc1. The molecule has 1 aliphatic carbocycles. The van der Waals surface area contributed by atoms with Gasteiger partial charge < -0.3 is 15.2 Å². The summed E-state index contributed by atoms with van der Waals surface area (Å²) in [5.74, 6) is 2.71. The molecule has 6 nitrogen and oxygen atoms in total. The summed E-state index contributed by atoms with van der Waals surface area (Å²) in [5.41, 5.74) is 5.28. The molecule has 6 heteroatoms. The van der Waals surface area contributed by atoms with Crippen molar-refractivity contribution in [2.45, 2.75) is 91.3 Å². The lowest BCUT2D eigenvalue weighted by atomic mass is 9.83. The summed E-state index contributed by atoms with van der Waals surface area (Å²) < 4.78 is 2.39. The van der Waals surface area contributed by atoms with Gasteiger partial charge in [-0.25, -0.2) is 9.97 Å². The van der Waals surface area contributed by atoms with Gasteiger partial charge in [0, 0.05) is 36.9 Å². The van der Waals surface area contributed by atoms with E-state index in [1.54, 1.807) is 0 Å². The van der Waals surface area contributed by atoms with Gasteiger partial charge >= 0.3 is 0 Å². The number of imidazole rings is 1. The third-order valence-corrected chi connectivity index (χ3v) is 7.46. The molecule has 2 heterocycles. The molecule has 2 N–H and O–H groups in total. The quantitative estimate of drug-likeness (QED) is 0.241. The lowest BCUT2D eigenvalue weighted by Crippen LogP contribution is -2.27. The van der Waals surface area contributed by atoms with Crippen LogP contribution in [-0.4, -0.2) is 26.0 Å². The van der Waals surface area contributed by atoms with E-state index in [1.807, 2.05) is 6.07 Å². The first-order valence-electron chi connectivity index (χ1n) is 14.2. The van der Waals surface area contributed by atoms with Crippen molar-refractivity contribution in [2.75, 3.05) is 5.32 Å². The Kier molecular flexibility index (Phi) is 7.68. The number of rotatable bonds is 10. The molecule has 4 aromatic rings. The number of anilines is 1. The van der Waals surface area contributed by atoms with Crippen molar-refractivity contribution in [3.8, 4) is 0 Å². The second-order valence-electron chi connectivity index (χ2n) is 11.9. The number of aryl methyl sites for hydroxylation is 1. The number of pyridine rings is 1. The van der Waals surface area contributed by atoms with E-state index in [9.17, 15) is 4.79 Å². The molecule has 0 unspecified atom stereocenters. The largest absolute Gasteiger partial charge is 0.364 e. The van der Waals surface area contributed by atoms with Gasteiger partial charge in [-0.2, -0.15) is 0 Å². The molecule has 2 aromatic carbocycles. The van der Waals surface area contributed by atoms with E-state index in [0.29, 0.717) is 18.9 Å². The van der Waals surface area contributed by atoms with Gasteiger partial charge in [0.1, 0.15) is 11.3 Å². The molecule has 1 aliphatic rings. The Balaban J connectivity index is 1.45. The number of para-hydroxylation sites is 1. The first-order valence-corrected chi connectivity index (χ1v) is 14.2. The van der Waals surface area contributed by atoms with E-state index >= 15 is 0 Å². The highest BCUT2D eigenvalue weighted by molar-refractivity contribution is 6.07. The highest BCUT2D eigenvalue weighted by Crippen LogP contribution is 2.33. The zero-order chi connectivity index (χ0) is 26.7. The Morgan fingerprint density at radius 3 is 2.45 bits per heavy atom. The first-order chi connectivity index (χ1) is 18.3. The van der Waals surface area contributed by atoms with E-state index in [0.717, 1.165) is 64.9 Å². The van der Waals surface area contributed by atoms with Crippen molar-refractivity contribution in [2.24, 2.45) is 5.92 Å². The fourth-order valence-corrected chi connectivity index (χ4v) is 5.20. The van der Waals surface area contributed by atoms with Crippen LogP contribution in [0.25, 0.3) is 21.9 Å². The third-order valence-electron chi connectivity index (χ3n) is 7.46. The number of hydrogen-bond donors (Lipinski definition) is 2. The van der Waals surface area contributed by atoms with Crippen molar-refractivity contribution in [1.82, 2.24) is 19.9 Å². The standard InChI is InChI=1S/C32H41N5O/c1-5-6-14-27-35-29-30(25-12-7-8-13-26(25)34-31(29)36-32(2,3)4)37(27)21-24-17-15-23(16-18-24)20-33-28(38)19-22-10-9-11-22/h7-8,12-13,15-18,22H,5-6,9-11,14,19-21H2,1-4H3,(H,33,38)(H,34,36). The fraction of sp³-hybridized carbons (Fsp3) is 0.469. The smallest absolute Gasteiger partial charge is 0.220 e. The van der Waals surface area contributed by atoms with Crippen molar-refractivity contribution in [3.63, 3.8) is 0 Å². The number of hydrogen-bond acceptors (Lipinski definition) is 4. The lowest BCUT2D eigenvalue weighted by molar-refractivity contribution is -0.122. The molecular weight excluding hydrogens is 470 g/mol. The van der Waals surface area contributed by atoms with Gasteiger partial charge in [-0.05, 0) is 63.1 Å². The van der Waals surface area contributed by atoms with E-state index < -0.39 is 0 Å². The maximum Gasteiger partial charge on any atom is 0.220 e.